The van der Waals surface area contributed by atoms with E-state index in [-0.39, 0.29) is 6.04 Å². The number of likely N-dealkylation sites (tertiary alicyclic amines) is 1. The molecule has 0 atom stereocenters. The van der Waals surface area contributed by atoms with Gasteiger partial charge in [-0.3, -0.25) is 4.79 Å². The van der Waals surface area contributed by atoms with Gasteiger partial charge in [-0.05, 0) is 50.4 Å². The van der Waals surface area contributed by atoms with Crippen molar-refractivity contribution in [2.45, 2.75) is 25.3 Å². The van der Waals surface area contributed by atoms with E-state index in [9.17, 15) is 4.79 Å². The number of rotatable bonds is 6. The number of hydrogen-bond donors (Lipinski definition) is 2. The lowest BCUT2D eigenvalue weighted by molar-refractivity contribution is 0.0873. The Kier molecular flexibility index (Phi) is 5.07. The molecule has 0 bridgehead atoms. The van der Waals surface area contributed by atoms with Gasteiger partial charge in [-0.2, -0.15) is 5.10 Å². The van der Waals surface area contributed by atoms with Gasteiger partial charge in [-0.15, -0.1) is 0 Å². The fourth-order valence-corrected chi connectivity index (χ4v) is 5.18. The normalized spacial score (nSPS) is 20.1. The summed E-state index contributed by atoms with van der Waals surface area (Å²) in [5.74, 6) is 0.470. The highest BCUT2D eigenvalue weighted by Gasteiger charge is 2.36. The van der Waals surface area contributed by atoms with Gasteiger partial charge in [0.1, 0.15) is 17.1 Å². The lowest BCUT2D eigenvalue weighted by Crippen LogP contribution is -2.44. The van der Waals surface area contributed by atoms with Gasteiger partial charge in [-0.1, -0.05) is 48.5 Å². The molecule has 7 heteroatoms. The van der Waals surface area contributed by atoms with Gasteiger partial charge in [0.25, 0.3) is 5.91 Å². The van der Waals surface area contributed by atoms with Crippen LogP contribution < -0.4 is 11.5 Å². The van der Waals surface area contributed by atoms with Crippen molar-refractivity contribution in [1.29, 1.82) is 0 Å². The van der Waals surface area contributed by atoms with E-state index in [2.05, 4.69) is 11.0 Å². The van der Waals surface area contributed by atoms with Crippen LogP contribution in [0.15, 0.2) is 60.7 Å². The zero-order valence-electron chi connectivity index (χ0n) is 19.0. The van der Waals surface area contributed by atoms with Crippen LogP contribution in [0, 0.1) is 5.92 Å². The molecule has 2 aromatic carbocycles. The van der Waals surface area contributed by atoms with Crippen LogP contribution in [0.4, 0.5) is 5.82 Å². The van der Waals surface area contributed by atoms with Crippen LogP contribution in [-0.2, 0) is 0 Å². The van der Waals surface area contributed by atoms with Crippen LogP contribution >= 0.6 is 0 Å². The largest absolute Gasteiger partial charge is 0.383 e. The minimum atomic E-state index is -0.554. The Morgan fingerprint density at radius 3 is 2.47 bits per heavy atom. The Morgan fingerprint density at radius 1 is 1.00 bits per heavy atom. The first-order valence-corrected chi connectivity index (χ1v) is 11.9. The summed E-state index contributed by atoms with van der Waals surface area (Å²) in [5.41, 5.74) is 16.6. The van der Waals surface area contributed by atoms with Gasteiger partial charge in [0.15, 0.2) is 0 Å². The van der Waals surface area contributed by atoms with Crippen LogP contribution in [0.1, 0.15) is 35.7 Å². The highest BCUT2D eigenvalue weighted by molar-refractivity contribution is 6.04. The summed E-state index contributed by atoms with van der Waals surface area (Å²) in [4.78, 5) is 19.7. The molecule has 4 N–H and O–H groups in total. The maximum Gasteiger partial charge on any atom is 0.254 e. The molecule has 2 fully saturated rings. The van der Waals surface area contributed by atoms with Crippen molar-refractivity contribution < 1.29 is 4.79 Å². The van der Waals surface area contributed by atoms with Crippen molar-refractivity contribution in [2.75, 3.05) is 25.4 Å². The molecule has 1 aliphatic heterocycles. The Hall–Kier alpha value is -3.71. The number of anilines is 1. The minimum absolute atomic E-state index is 0.210. The summed E-state index contributed by atoms with van der Waals surface area (Å²) in [6.07, 6.45) is 3.36. The molecule has 2 aliphatic rings. The molecule has 34 heavy (non-hydrogen) atoms. The van der Waals surface area contributed by atoms with Crippen LogP contribution in [0.25, 0.3) is 33.4 Å². The lowest BCUT2D eigenvalue weighted by atomic mass is 9.79. The SMILES string of the molecule is NC(=O)c1c(-c2ccc3ccc(-c4ccccc4)nc3c2)nn(C2CC(CN3CCC3)C2)c1N. The summed E-state index contributed by atoms with van der Waals surface area (Å²) in [7, 11) is 0. The number of nitrogens with two attached hydrogens (primary N) is 2. The van der Waals surface area contributed by atoms with Crippen molar-refractivity contribution in [1.82, 2.24) is 19.7 Å². The number of nitrogen functional groups attached to an aromatic ring is 1. The third kappa shape index (κ3) is 3.62. The van der Waals surface area contributed by atoms with Crippen molar-refractivity contribution >= 4 is 22.6 Å². The maximum absolute atomic E-state index is 12.4. The average molecular weight is 453 g/mol. The third-order valence-electron chi connectivity index (χ3n) is 7.25. The van der Waals surface area contributed by atoms with Crippen LogP contribution in [0.5, 0.6) is 0 Å². The predicted molar refractivity (Wildman–Crippen MR) is 134 cm³/mol. The molecule has 0 radical (unpaired) electrons. The highest BCUT2D eigenvalue weighted by Crippen LogP contribution is 2.42. The molecule has 3 heterocycles. The number of hydrogen-bond acceptors (Lipinski definition) is 5. The van der Waals surface area contributed by atoms with Crippen molar-refractivity contribution in [3.8, 4) is 22.5 Å². The number of primary amides is 1. The first-order valence-electron chi connectivity index (χ1n) is 11.9. The van der Waals surface area contributed by atoms with Crippen LogP contribution in [0.2, 0.25) is 0 Å². The molecule has 2 aromatic heterocycles. The molecule has 4 aromatic rings. The zero-order valence-corrected chi connectivity index (χ0v) is 19.0. The van der Waals surface area contributed by atoms with Crippen molar-refractivity contribution in [3.63, 3.8) is 0 Å². The topological polar surface area (TPSA) is 103 Å². The van der Waals surface area contributed by atoms with E-state index in [0.29, 0.717) is 23.0 Å². The van der Waals surface area contributed by atoms with E-state index in [4.69, 9.17) is 21.5 Å². The van der Waals surface area contributed by atoms with E-state index in [1.165, 1.54) is 19.5 Å². The van der Waals surface area contributed by atoms with Crippen LogP contribution in [-0.4, -0.2) is 45.2 Å². The van der Waals surface area contributed by atoms with Crippen molar-refractivity contribution in [3.05, 3.63) is 66.2 Å². The standard InChI is InChI=1S/C27H28N6O/c28-26-24(27(29)34)25(31-33(26)21-13-17(14-21)16-32-11-4-12-32)20-8-7-19-9-10-22(30-23(19)15-20)18-5-2-1-3-6-18/h1-3,5-10,15,17,21H,4,11-14,16,28H2,(H2,29,34). The summed E-state index contributed by atoms with van der Waals surface area (Å²) in [6.45, 7) is 3.57. The number of carbonyl (C=O) groups is 1. The average Bonchev–Trinajstić information content (AvgIpc) is 3.13. The number of pyridine rings is 1. The summed E-state index contributed by atoms with van der Waals surface area (Å²) in [6, 6.07) is 20.3. The van der Waals surface area contributed by atoms with Crippen molar-refractivity contribution in [2.24, 2.45) is 11.7 Å². The lowest BCUT2D eigenvalue weighted by Gasteiger charge is -2.41. The molecular formula is C27H28N6O. The number of nitrogens with zero attached hydrogens (tertiary/aromatic N) is 4. The Labute approximate surface area is 198 Å². The molecule has 0 unspecified atom stereocenters. The second kappa shape index (κ2) is 8.25. The summed E-state index contributed by atoms with van der Waals surface area (Å²) < 4.78 is 1.82. The first-order chi connectivity index (χ1) is 16.6. The second-order valence-electron chi connectivity index (χ2n) is 9.53. The quantitative estimate of drug-likeness (QED) is 0.458. The Morgan fingerprint density at radius 2 is 1.76 bits per heavy atom. The van der Waals surface area contributed by atoms with E-state index >= 15 is 0 Å². The van der Waals surface area contributed by atoms with E-state index in [0.717, 1.165) is 47.1 Å². The molecular weight excluding hydrogens is 424 g/mol. The maximum atomic E-state index is 12.4. The molecule has 1 amide bonds. The molecule has 1 saturated heterocycles. The number of amides is 1. The molecule has 7 nitrogen and oxygen atoms in total. The second-order valence-corrected chi connectivity index (χ2v) is 9.53. The van der Waals surface area contributed by atoms with Gasteiger partial charge in [0.05, 0.1) is 17.3 Å². The Bertz CT molecular complexity index is 1370. The molecule has 172 valence electrons. The van der Waals surface area contributed by atoms with E-state index < -0.39 is 5.91 Å². The van der Waals surface area contributed by atoms with Crippen LogP contribution in [0.3, 0.4) is 0 Å². The molecule has 1 aliphatic carbocycles. The van der Waals surface area contributed by atoms with Gasteiger partial charge in [-0.25, -0.2) is 9.67 Å². The third-order valence-corrected chi connectivity index (χ3v) is 7.25. The van der Waals surface area contributed by atoms with E-state index in [1.807, 2.05) is 59.3 Å². The fourth-order valence-electron chi connectivity index (χ4n) is 5.18. The molecule has 6 rings (SSSR count). The van der Waals surface area contributed by atoms with Gasteiger partial charge < -0.3 is 16.4 Å². The highest BCUT2D eigenvalue weighted by atomic mass is 16.1. The Balaban J connectivity index is 1.34. The monoisotopic (exact) mass is 452 g/mol. The number of benzene rings is 2. The van der Waals surface area contributed by atoms with Gasteiger partial charge in [0.2, 0.25) is 0 Å². The van der Waals surface area contributed by atoms with Gasteiger partial charge >= 0.3 is 0 Å². The molecule has 1 saturated carbocycles. The summed E-state index contributed by atoms with van der Waals surface area (Å²) in [5, 5.41) is 5.83. The minimum Gasteiger partial charge on any atom is -0.383 e. The molecule has 0 spiro atoms. The number of fused-ring (bicyclic) bond motifs is 1. The predicted octanol–water partition coefficient (Wildman–Crippen LogP) is 4.10. The van der Waals surface area contributed by atoms with Gasteiger partial charge in [0, 0.05) is 23.1 Å². The first kappa shape index (κ1) is 20.9. The van der Waals surface area contributed by atoms with E-state index in [1.54, 1.807) is 0 Å². The smallest absolute Gasteiger partial charge is 0.254 e. The number of carbonyl (C=O) groups excluding carboxylic acids is 1. The zero-order chi connectivity index (χ0) is 23.2. The fraction of sp³-hybridized carbons (Fsp3) is 0.296. The number of aromatic nitrogens is 3. The summed E-state index contributed by atoms with van der Waals surface area (Å²) >= 11 is 0.